The smallest absolute Gasteiger partial charge is 0.632 e. The fourth-order valence-electron chi connectivity index (χ4n) is 2.16. The molecule has 2 N–H and O–H groups in total. The summed E-state index contributed by atoms with van der Waals surface area (Å²) < 4.78 is 9.31. The summed E-state index contributed by atoms with van der Waals surface area (Å²) in [7, 11) is 3.33. The van der Waals surface area contributed by atoms with Crippen molar-refractivity contribution < 1.29 is 75.2 Å². The molecule has 0 aliphatic heterocycles. The largest absolute Gasteiger partial charge is 1.00 e. The number of benzene rings is 1. The van der Waals surface area contributed by atoms with Gasteiger partial charge >= 0.3 is 51.4 Å². The molecule has 1 aromatic carbocycles. The summed E-state index contributed by atoms with van der Waals surface area (Å²) in [6, 6.07) is 7.23. The van der Waals surface area contributed by atoms with Gasteiger partial charge in [-0.2, -0.15) is 0 Å². The van der Waals surface area contributed by atoms with Gasteiger partial charge in [-0.15, -0.1) is 0 Å². The molecule has 8 heteroatoms. The number of nitrogens with one attached hydrogen (secondary N) is 2. The van der Waals surface area contributed by atoms with Crippen molar-refractivity contribution in [3.05, 3.63) is 55.7 Å². The van der Waals surface area contributed by atoms with Crippen molar-refractivity contribution in [1.82, 2.24) is 5.32 Å². The molecule has 1 rings (SSSR count). The fourth-order valence-corrected chi connectivity index (χ4v) is 2.16. The Balaban J connectivity index is -0.000000626. The van der Waals surface area contributed by atoms with Crippen LogP contribution in [0.5, 0.6) is 0 Å². The summed E-state index contributed by atoms with van der Waals surface area (Å²) in [4.78, 5) is 32.9. The standard InChI is InChI=1S/C16H22NO3.C5H11NO2.CH3.K/c1-12(18)14-7-5-13(6-8-14)10-17-15(19)9-16(2,3)11-20-4;1-5(2,3)8-4(6)7;;/h5-8H,4,9-11H2,1-3H3,(H,17,19);1-3H3,(H2,6,7);1H3;/q-1;;-1;+1/p-1. The van der Waals surface area contributed by atoms with Crippen molar-refractivity contribution in [2.45, 2.75) is 60.1 Å². The van der Waals surface area contributed by atoms with Crippen LogP contribution in [0.4, 0.5) is 4.79 Å². The Morgan fingerprint density at radius 3 is 1.90 bits per heavy atom. The summed E-state index contributed by atoms with van der Waals surface area (Å²) in [5.41, 5.74) is 7.27. The van der Waals surface area contributed by atoms with Crippen LogP contribution in [0.3, 0.4) is 0 Å². The van der Waals surface area contributed by atoms with Crippen molar-refractivity contribution in [3.8, 4) is 0 Å². The van der Waals surface area contributed by atoms with Gasteiger partial charge in [-0.1, -0.05) is 38.1 Å². The van der Waals surface area contributed by atoms with Gasteiger partial charge in [0.15, 0.2) is 5.78 Å². The van der Waals surface area contributed by atoms with Crippen LogP contribution in [-0.2, 0) is 20.8 Å². The topological polar surface area (TPSA) is 106 Å². The van der Waals surface area contributed by atoms with Crippen LogP contribution in [0.25, 0.3) is 5.73 Å². The first-order valence-electron chi connectivity index (χ1n) is 8.94. The number of ether oxygens (including phenoxy) is 2. The van der Waals surface area contributed by atoms with E-state index in [4.69, 9.17) is 10.5 Å². The van der Waals surface area contributed by atoms with Crippen molar-refractivity contribution in [3.63, 3.8) is 0 Å². The van der Waals surface area contributed by atoms with Crippen LogP contribution in [0, 0.1) is 20.0 Å². The minimum atomic E-state index is -0.975. The molecule has 0 bridgehead atoms. The van der Waals surface area contributed by atoms with E-state index in [-0.39, 0.29) is 75.9 Å². The molecule has 0 spiro atoms. The monoisotopic (exact) mass is 446 g/mol. The minimum Gasteiger partial charge on any atom is -0.632 e. The maximum atomic E-state index is 11.8. The van der Waals surface area contributed by atoms with Gasteiger partial charge in [-0.3, -0.25) is 14.4 Å². The van der Waals surface area contributed by atoms with Crippen LogP contribution in [0.2, 0.25) is 0 Å². The first kappa shape index (κ1) is 33.9. The molecular weight excluding hydrogens is 411 g/mol. The van der Waals surface area contributed by atoms with E-state index < -0.39 is 11.7 Å². The van der Waals surface area contributed by atoms with Gasteiger partial charge in [-0.05, 0) is 38.7 Å². The number of rotatable bonds is 7. The SMILES string of the molecule is CC(C)(C)OC([NH-])=O.[CH2-]OCC(C)(C)CC(=O)NCc1ccc(C(C)=O)cc1.[CH3-].[K+]. The van der Waals surface area contributed by atoms with Crippen molar-refractivity contribution in [1.29, 1.82) is 0 Å². The average molecular weight is 447 g/mol. The summed E-state index contributed by atoms with van der Waals surface area (Å²) in [6.07, 6.45) is -0.592. The van der Waals surface area contributed by atoms with E-state index in [1.54, 1.807) is 32.9 Å². The van der Waals surface area contributed by atoms with Crippen LogP contribution in [0.1, 0.15) is 63.9 Å². The molecule has 1 aromatic rings. The van der Waals surface area contributed by atoms with E-state index in [0.717, 1.165) is 5.56 Å². The van der Waals surface area contributed by atoms with Gasteiger partial charge < -0.3 is 28.0 Å². The third-order valence-corrected chi connectivity index (χ3v) is 3.38. The Bertz CT molecular complexity index is 652. The number of amides is 2. The molecule has 0 unspecified atom stereocenters. The van der Waals surface area contributed by atoms with Crippen LogP contribution >= 0.6 is 0 Å². The van der Waals surface area contributed by atoms with Gasteiger partial charge in [-0.25, -0.2) is 7.11 Å². The molecule has 0 saturated heterocycles. The minimum absolute atomic E-state index is 0. The molecule has 166 valence electrons. The first-order chi connectivity index (χ1) is 12.8. The number of hydrogen-bond donors (Lipinski definition) is 1. The Morgan fingerprint density at radius 1 is 1.07 bits per heavy atom. The van der Waals surface area contributed by atoms with E-state index in [1.165, 1.54) is 6.92 Å². The van der Waals surface area contributed by atoms with E-state index in [2.05, 4.69) is 17.2 Å². The first-order valence-corrected chi connectivity index (χ1v) is 8.94. The Kier molecular flexibility index (Phi) is 18.0. The molecule has 0 radical (unpaired) electrons. The predicted octanol–water partition coefficient (Wildman–Crippen LogP) is 2.16. The molecule has 0 aromatic heterocycles. The molecule has 7 nitrogen and oxygen atoms in total. The quantitative estimate of drug-likeness (QED) is 0.392. The number of carbonyl (C=O) groups excluding carboxylic acids is 3. The summed E-state index contributed by atoms with van der Waals surface area (Å²) in [5, 5.41) is 2.86. The molecule has 0 atom stereocenters. The Labute approximate surface area is 224 Å². The zero-order chi connectivity index (χ0) is 22.0. The van der Waals surface area contributed by atoms with E-state index >= 15 is 0 Å². The van der Waals surface area contributed by atoms with Gasteiger partial charge in [0.2, 0.25) is 12.0 Å². The van der Waals surface area contributed by atoms with Crippen molar-refractivity contribution >= 4 is 17.8 Å². The number of ketones is 1. The molecule has 0 aliphatic carbocycles. The van der Waals surface area contributed by atoms with Crippen LogP contribution < -0.4 is 56.7 Å². The molecular formula is C22H35KN2O5-2. The zero-order valence-electron chi connectivity index (χ0n) is 19.7. The van der Waals surface area contributed by atoms with Gasteiger partial charge in [0.25, 0.3) is 0 Å². The van der Waals surface area contributed by atoms with E-state index in [1.807, 2.05) is 26.0 Å². The van der Waals surface area contributed by atoms with Crippen molar-refractivity contribution in [2.75, 3.05) is 6.61 Å². The summed E-state index contributed by atoms with van der Waals surface area (Å²) >= 11 is 0. The summed E-state index contributed by atoms with van der Waals surface area (Å²) in [5.74, 6) is 0.0122. The Morgan fingerprint density at radius 2 is 1.57 bits per heavy atom. The molecule has 0 aliphatic rings. The average Bonchev–Trinajstić information content (AvgIpc) is 2.51. The molecule has 0 saturated carbocycles. The maximum Gasteiger partial charge on any atom is 1.00 e. The van der Waals surface area contributed by atoms with Crippen molar-refractivity contribution in [2.24, 2.45) is 5.41 Å². The van der Waals surface area contributed by atoms with E-state index in [9.17, 15) is 14.4 Å². The number of Topliss-reactive ketones (excluding diaryl/α,β-unsaturated/α-hetero) is 1. The third kappa shape index (κ3) is 18.0. The second-order valence-corrected chi connectivity index (χ2v) is 8.22. The molecule has 0 fully saturated rings. The summed E-state index contributed by atoms with van der Waals surface area (Å²) in [6.45, 7) is 11.5. The van der Waals surface area contributed by atoms with Gasteiger partial charge in [0.1, 0.15) is 5.60 Å². The van der Waals surface area contributed by atoms with Gasteiger partial charge in [0.05, 0.1) is 0 Å². The number of hydrogen-bond acceptors (Lipinski definition) is 5. The molecule has 30 heavy (non-hydrogen) atoms. The van der Waals surface area contributed by atoms with Gasteiger partial charge in [0, 0.05) is 25.1 Å². The molecule has 2 amide bonds. The maximum absolute atomic E-state index is 11.8. The second kappa shape index (κ2) is 15.9. The van der Waals surface area contributed by atoms with E-state index in [0.29, 0.717) is 25.1 Å². The normalized spacial score (nSPS) is 10.4. The van der Waals surface area contributed by atoms with Crippen LogP contribution in [0.15, 0.2) is 24.3 Å². The second-order valence-electron chi connectivity index (χ2n) is 8.22. The predicted molar refractivity (Wildman–Crippen MR) is 115 cm³/mol. The zero-order valence-corrected chi connectivity index (χ0v) is 22.8. The number of carbonyl (C=O) groups is 3. The molecule has 0 heterocycles. The van der Waals surface area contributed by atoms with Crippen LogP contribution in [-0.4, -0.2) is 30.0 Å². The fraction of sp³-hybridized carbons (Fsp3) is 0.500. The Hall–Kier alpha value is -0.774. The third-order valence-electron chi connectivity index (χ3n) is 3.38.